The highest BCUT2D eigenvalue weighted by Crippen LogP contribution is 2.18. The Bertz CT molecular complexity index is 1020. The first-order valence-corrected chi connectivity index (χ1v) is 9.22. The molecule has 0 unspecified atom stereocenters. The van der Waals surface area contributed by atoms with Crippen LogP contribution in [0.2, 0.25) is 5.15 Å². The largest absolute Gasteiger partial charge is 1.00 e. The lowest BCUT2D eigenvalue weighted by Crippen LogP contribution is -3.00. The van der Waals surface area contributed by atoms with E-state index in [-0.39, 0.29) is 42.2 Å². The highest BCUT2D eigenvalue weighted by atomic mass is 127. The van der Waals surface area contributed by atoms with E-state index in [9.17, 15) is 9.59 Å². The zero-order chi connectivity index (χ0) is 19.9. The number of hydrogen-bond donors (Lipinski definition) is 1. The van der Waals surface area contributed by atoms with Crippen LogP contribution in [0.5, 0.6) is 0 Å². The summed E-state index contributed by atoms with van der Waals surface area (Å²) in [6, 6.07) is 22.0. The first-order valence-electron chi connectivity index (χ1n) is 8.85. The highest BCUT2D eigenvalue weighted by molar-refractivity contribution is 6.28. The maximum Gasteiger partial charge on any atom is 0.275 e. The van der Waals surface area contributed by atoms with Crippen LogP contribution in [-0.2, 0) is 11.3 Å². The van der Waals surface area contributed by atoms with Crippen molar-refractivity contribution in [2.45, 2.75) is 6.54 Å². The molecule has 3 rings (SSSR count). The van der Waals surface area contributed by atoms with E-state index in [0.717, 1.165) is 11.1 Å². The van der Waals surface area contributed by atoms with E-state index in [1.165, 1.54) is 0 Å². The lowest BCUT2D eigenvalue weighted by atomic mass is 10.0. The minimum Gasteiger partial charge on any atom is -1.00 e. The zero-order valence-corrected chi connectivity index (χ0v) is 18.7. The van der Waals surface area contributed by atoms with Crippen LogP contribution < -0.4 is 33.9 Å². The molecule has 0 saturated heterocycles. The SMILES string of the molecule is CNC(=O)C(=Cc1ccc(Cl)[n+](CC(=O)c2ccccc2)c1)c1ccccc1.[I-]. The Hall–Kier alpha value is -2.51. The molecule has 0 fully saturated rings. The van der Waals surface area contributed by atoms with Gasteiger partial charge in [-0.05, 0) is 29.3 Å². The van der Waals surface area contributed by atoms with E-state index >= 15 is 0 Å². The predicted octanol–water partition coefficient (Wildman–Crippen LogP) is 0.801. The van der Waals surface area contributed by atoms with Crippen molar-refractivity contribution in [3.63, 3.8) is 0 Å². The molecule has 6 heteroatoms. The molecule has 0 atom stereocenters. The van der Waals surface area contributed by atoms with Crippen molar-refractivity contribution in [3.05, 3.63) is 101 Å². The van der Waals surface area contributed by atoms with Crippen LogP contribution in [0.3, 0.4) is 0 Å². The van der Waals surface area contributed by atoms with Crippen molar-refractivity contribution in [1.29, 1.82) is 0 Å². The number of carbonyl (C=O) groups is 2. The third-order valence-electron chi connectivity index (χ3n) is 4.27. The molecule has 0 spiro atoms. The number of nitrogens with one attached hydrogen (secondary N) is 1. The van der Waals surface area contributed by atoms with Gasteiger partial charge in [0.1, 0.15) is 0 Å². The molecule has 1 N–H and O–H groups in total. The van der Waals surface area contributed by atoms with Gasteiger partial charge in [0.05, 0.1) is 0 Å². The summed E-state index contributed by atoms with van der Waals surface area (Å²) in [5, 5.41) is 3.12. The van der Waals surface area contributed by atoms with E-state index in [1.54, 1.807) is 42.1 Å². The normalized spacial score (nSPS) is 10.8. The molecule has 4 nitrogen and oxygen atoms in total. The fraction of sp³-hybridized carbons (Fsp3) is 0.0870. The summed E-state index contributed by atoms with van der Waals surface area (Å²) in [7, 11) is 1.60. The molecule has 2 aromatic carbocycles. The van der Waals surface area contributed by atoms with Gasteiger partial charge in [0.2, 0.25) is 12.3 Å². The number of halogens is 2. The standard InChI is InChI=1S/C23H19ClN2O2.HI/c1-25-23(28)20(18-8-4-2-5-9-18)14-17-12-13-22(24)26(15-17)16-21(27)19-10-6-3-7-11-19;/h2-15H,16H2,1H3;1H. The van der Waals surface area contributed by atoms with Crippen LogP contribution in [0.15, 0.2) is 79.0 Å². The number of likely N-dealkylation sites (N-methyl/N-ethyl adjacent to an activating group) is 1. The Labute approximate surface area is 192 Å². The summed E-state index contributed by atoms with van der Waals surface area (Å²) >= 11 is 6.28. The van der Waals surface area contributed by atoms with E-state index in [0.29, 0.717) is 16.3 Å². The second kappa shape index (κ2) is 10.9. The van der Waals surface area contributed by atoms with Crippen LogP contribution in [0.4, 0.5) is 0 Å². The average molecular weight is 519 g/mol. The van der Waals surface area contributed by atoms with Crippen molar-refractivity contribution in [1.82, 2.24) is 5.32 Å². The molecule has 3 aromatic rings. The van der Waals surface area contributed by atoms with Gasteiger partial charge in [-0.15, -0.1) is 0 Å². The maximum absolute atomic E-state index is 12.5. The summed E-state index contributed by atoms with van der Waals surface area (Å²) in [4.78, 5) is 24.9. The molecule has 0 aliphatic carbocycles. The van der Waals surface area contributed by atoms with Crippen LogP contribution in [-0.4, -0.2) is 18.7 Å². The molecule has 1 amide bonds. The summed E-state index contributed by atoms with van der Waals surface area (Å²) in [6.45, 7) is 0.116. The number of carbonyl (C=O) groups excluding carboxylic acids is 2. The molecule has 0 aliphatic heterocycles. The second-order valence-electron chi connectivity index (χ2n) is 6.21. The third kappa shape index (κ3) is 5.98. The lowest BCUT2D eigenvalue weighted by Gasteiger charge is -2.07. The Morgan fingerprint density at radius 2 is 1.52 bits per heavy atom. The number of benzene rings is 2. The highest BCUT2D eigenvalue weighted by Gasteiger charge is 2.17. The van der Waals surface area contributed by atoms with Crippen molar-refractivity contribution in [2.24, 2.45) is 0 Å². The molecule has 148 valence electrons. The number of Topliss-reactive ketones (excluding diaryl/α,β-unsaturated/α-hetero) is 1. The monoisotopic (exact) mass is 518 g/mol. The summed E-state index contributed by atoms with van der Waals surface area (Å²) in [6.07, 6.45) is 3.56. The van der Waals surface area contributed by atoms with E-state index in [2.05, 4.69) is 5.32 Å². The van der Waals surface area contributed by atoms with E-state index in [4.69, 9.17) is 11.6 Å². The van der Waals surface area contributed by atoms with Crippen LogP contribution >= 0.6 is 11.6 Å². The Morgan fingerprint density at radius 1 is 0.931 bits per heavy atom. The summed E-state index contributed by atoms with van der Waals surface area (Å²) in [5.41, 5.74) is 2.74. The van der Waals surface area contributed by atoms with Gasteiger partial charge in [-0.3, -0.25) is 9.59 Å². The van der Waals surface area contributed by atoms with Crippen LogP contribution in [0.1, 0.15) is 21.5 Å². The van der Waals surface area contributed by atoms with Crippen LogP contribution in [0, 0.1) is 0 Å². The number of hydrogen-bond acceptors (Lipinski definition) is 2. The summed E-state index contributed by atoms with van der Waals surface area (Å²) in [5.74, 6) is -0.226. The number of aromatic nitrogens is 1. The van der Waals surface area contributed by atoms with Crippen molar-refractivity contribution in [2.75, 3.05) is 7.05 Å². The van der Waals surface area contributed by atoms with Gasteiger partial charge < -0.3 is 29.3 Å². The molecule has 0 saturated carbocycles. The number of pyridine rings is 1. The van der Waals surface area contributed by atoms with Gasteiger partial charge in [-0.25, -0.2) is 0 Å². The summed E-state index contributed by atoms with van der Waals surface area (Å²) < 4.78 is 1.68. The molecule has 0 aliphatic rings. The van der Waals surface area contributed by atoms with Gasteiger partial charge >= 0.3 is 0 Å². The van der Waals surface area contributed by atoms with Crippen LogP contribution in [0.25, 0.3) is 11.6 Å². The number of rotatable bonds is 6. The molecule has 1 heterocycles. The quantitative estimate of drug-likeness (QED) is 0.173. The van der Waals surface area contributed by atoms with Crippen molar-refractivity contribution in [3.8, 4) is 0 Å². The van der Waals surface area contributed by atoms with Gasteiger partial charge in [0.25, 0.3) is 11.1 Å². The topological polar surface area (TPSA) is 50.1 Å². The zero-order valence-electron chi connectivity index (χ0n) is 15.8. The fourth-order valence-corrected chi connectivity index (χ4v) is 2.99. The van der Waals surface area contributed by atoms with Crippen molar-refractivity contribution < 1.29 is 38.1 Å². The van der Waals surface area contributed by atoms with Gasteiger partial charge in [-0.1, -0.05) is 60.7 Å². The molecule has 1 aromatic heterocycles. The van der Waals surface area contributed by atoms with Gasteiger partial charge in [0.15, 0.2) is 6.20 Å². The van der Waals surface area contributed by atoms with Crippen molar-refractivity contribution >= 4 is 34.9 Å². The fourth-order valence-electron chi connectivity index (χ4n) is 2.82. The smallest absolute Gasteiger partial charge is 0.275 e. The third-order valence-corrected chi connectivity index (χ3v) is 4.61. The van der Waals surface area contributed by atoms with E-state index < -0.39 is 0 Å². The number of nitrogens with zero attached hydrogens (tertiary/aromatic N) is 1. The lowest BCUT2D eigenvalue weighted by molar-refractivity contribution is -0.681. The van der Waals surface area contributed by atoms with E-state index in [1.807, 2.05) is 54.6 Å². The molecule has 29 heavy (non-hydrogen) atoms. The average Bonchev–Trinajstić information content (AvgIpc) is 2.74. The first-order chi connectivity index (χ1) is 13.6. The molecular formula is C23H20ClIN2O2. The Kier molecular flexibility index (Phi) is 8.54. The minimum atomic E-state index is -0.187. The molecular weight excluding hydrogens is 499 g/mol. The van der Waals surface area contributed by atoms with Gasteiger partial charge in [-0.2, -0.15) is 4.57 Å². The molecule has 0 radical (unpaired) electrons. The number of ketones is 1. The maximum atomic E-state index is 12.5. The van der Waals surface area contributed by atoms with Gasteiger partial charge in [0, 0.05) is 29.8 Å². The Balaban J connectivity index is 0.00000300. The first kappa shape index (κ1) is 22.8. The molecule has 0 bridgehead atoms. The number of amides is 1. The Morgan fingerprint density at radius 3 is 2.10 bits per heavy atom. The minimum absolute atomic E-state index is 0. The second-order valence-corrected chi connectivity index (χ2v) is 6.59. The predicted molar refractivity (Wildman–Crippen MR) is 111 cm³/mol.